The number of rotatable bonds is 5. The molecule has 2 rings (SSSR count). The summed E-state index contributed by atoms with van der Waals surface area (Å²) in [6, 6.07) is 1.65. The van der Waals surface area contributed by atoms with Crippen molar-refractivity contribution in [2.75, 3.05) is 18.9 Å². The van der Waals surface area contributed by atoms with E-state index in [2.05, 4.69) is 15.0 Å². The Morgan fingerprint density at radius 1 is 1.47 bits per heavy atom. The topological polar surface area (TPSA) is 71.1 Å². The van der Waals surface area contributed by atoms with Crippen LogP contribution in [0.15, 0.2) is 23.4 Å². The summed E-state index contributed by atoms with van der Waals surface area (Å²) in [5.41, 5.74) is 0.570. The number of hydrogen-bond donors (Lipinski definition) is 2. The summed E-state index contributed by atoms with van der Waals surface area (Å²) in [6.07, 6.45) is 6.38. The second kappa shape index (κ2) is 5.01. The van der Waals surface area contributed by atoms with Gasteiger partial charge < -0.3 is 5.32 Å². The smallest absolute Gasteiger partial charge is 0.244 e. The standard InChI is InChI=1S/C11H17N3O2S/c1-12-10-5-6-13-8-11(10)17(15,16)14-7-9-3-2-4-9/h5-6,8-9,14H,2-4,7H2,1H3,(H,12,13). The molecule has 1 heterocycles. The molecule has 1 aliphatic rings. The van der Waals surface area contributed by atoms with Crippen LogP contribution in [0.4, 0.5) is 5.69 Å². The quantitative estimate of drug-likeness (QED) is 0.829. The van der Waals surface area contributed by atoms with E-state index in [0.29, 0.717) is 18.2 Å². The van der Waals surface area contributed by atoms with Gasteiger partial charge in [-0.2, -0.15) is 0 Å². The molecule has 1 aromatic rings. The average molecular weight is 255 g/mol. The second-order valence-electron chi connectivity index (χ2n) is 4.27. The number of nitrogens with one attached hydrogen (secondary N) is 2. The average Bonchev–Trinajstić information content (AvgIpc) is 2.26. The molecule has 6 heteroatoms. The summed E-state index contributed by atoms with van der Waals surface area (Å²) in [7, 11) is -1.75. The van der Waals surface area contributed by atoms with E-state index in [4.69, 9.17) is 0 Å². The van der Waals surface area contributed by atoms with Crippen LogP contribution in [-0.2, 0) is 10.0 Å². The molecule has 1 saturated carbocycles. The molecule has 0 saturated heterocycles. The van der Waals surface area contributed by atoms with Gasteiger partial charge in [-0.1, -0.05) is 6.42 Å². The van der Waals surface area contributed by atoms with Crippen molar-refractivity contribution < 1.29 is 8.42 Å². The fourth-order valence-corrected chi connectivity index (χ4v) is 3.07. The number of nitrogens with zero attached hydrogens (tertiary/aromatic N) is 1. The maximum atomic E-state index is 12.1. The summed E-state index contributed by atoms with van der Waals surface area (Å²) in [5.74, 6) is 0.500. The SMILES string of the molecule is CNc1ccncc1S(=O)(=O)NCC1CCC1. The summed E-state index contributed by atoms with van der Waals surface area (Å²) in [5, 5.41) is 2.86. The number of pyridine rings is 1. The molecule has 0 amide bonds. The molecule has 0 spiro atoms. The predicted octanol–water partition coefficient (Wildman–Crippen LogP) is 1.20. The Hall–Kier alpha value is -1.14. The van der Waals surface area contributed by atoms with Crippen LogP contribution in [0.2, 0.25) is 0 Å². The van der Waals surface area contributed by atoms with E-state index < -0.39 is 10.0 Å². The first-order valence-corrected chi connectivity index (χ1v) is 7.23. The first-order chi connectivity index (χ1) is 8.13. The molecule has 94 valence electrons. The number of sulfonamides is 1. The largest absolute Gasteiger partial charge is 0.387 e. The molecule has 0 unspecified atom stereocenters. The lowest BCUT2D eigenvalue weighted by atomic mass is 9.86. The number of anilines is 1. The van der Waals surface area contributed by atoms with Crippen molar-refractivity contribution in [3.05, 3.63) is 18.5 Å². The third kappa shape index (κ3) is 2.76. The van der Waals surface area contributed by atoms with Crippen molar-refractivity contribution >= 4 is 15.7 Å². The number of aromatic nitrogens is 1. The Bertz CT molecular complexity index is 483. The van der Waals surface area contributed by atoms with Gasteiger partial charge in [0.05, 0.1) is 5.69 Å². The zero-order valence-corrected chi connectivity index (χ0v) is 10.6. The number of hydrogen-bond acceptors (Lipinski definition) is 4. The van der Waals surface area contributed by atoms with Crippen LogP contribution < -0.4 is 10.0 Å². The first-order valence-electron chi connectivity index (χ1n) is 5.75. The Morgan fingerprint density at radius 3 is 2.82 bits per heavy atom. The monoisotopic (exact) mass is 255 g/mol. The summed E-state index contributed by atoms with van der Waals surface area (Å²) in [4.78, 5) is 4.07. The Kier molecular flexibility index (Phi) is 3.63. The lowest BCUT2D eigenvalue weighted by Gasteiger charge is -2.25. The third-order valence-corrected chi connectivity index (χ3v) is 4.58. The molecule has 17 heavy (non-hydrogen) atoms. The van der Waals surface area contributed by atoms with E-state index in [0.717, 1.165) is 12.8 Å². The minimum atomic E-state index is -3.45. The Balaban J connectivity index is 2.12. The van der Waals surface area contributed by atoms with Crippen molar-refractivity contribution in [1.82, 2.24) is 9.71 Å². The van der Waals surface area contributed by atoms with Gasteiger partial charge in [-0.05, 0) is 24.8 Å². The Labute approximate surface area is 102 Å². The van der Waals surface area contributed by atoms with Crippen LogP contribution in [0.1, 0.15) is 19.3 Å². The predicted molar refractivity (Wildman–Crippen MR) is 66.3 cm³/mol. The fourth-order valence-electron chi connectivity index (χ4n) is 1.80. The van der Waals surface area contributed by atoms with Gasteiger partial charge in [0, 0.05) is 26.0 Å². The third-order valence-electron chi connectivity index (χ3n) is 3.13. The molecule has 1 aromatic heterocycles. The molecule has 0 aromatic carbocycles. The molecule has 0 aliphatic heterocycles. The Morgan fingerprint density at radius 2 is 2.24 bits per heavy atom. The van der Waals surface area contributed by atoms with Gasteiger partial charge in [-0.15, -0.1) is 0 Å². The van der Waals surface area contributed by atoms with Gasteiger partial charge >= 0.3 is 0 Å². The normalized spacial score (nSPS) is 16.5. The van der Waals surface area contributed by atoms with Crippen LogP contribution in [0, 0.1) is 5.92 Å². The highest BCUT2D eigenvalue weighted by molar-refractivity contribution is 7.89. The van der Waals surface area contributed by atoms with E-state index in [1.165, 1.54) is 12.6 Å². The molecule has 5 nitrogen and oxygen atoms in total. The molecule has 1 aliphatic carbocycles. The summed E-state index contributed by atoms with van der Waals surface area (Å²) >= 11 is 0. The molecule has 1 fully saturated rings. The molecule has 2 N–H and O–H groups in total. The minimum Gasteiger partial charge on any atom is -0.387 e. The summed E-state index contributed by atoms with van der Waals surface area (Å²) in [6.45, 7) is 0.528. The van der Waals surface area contributed by atoms with Gasteiger partial charge in [-0.25, -0.2) is 13.1 Å². The van der Waals surface area contributed by atoms with E-state index in [1.807, 2.05) is 0 Å². The minimum absolute atomic E-state index is 0.210. The first kappa shape index (κ1) is 12.3. The van der Waals surface area contributed by atoms with E-state index >= 15 is 0 Å². The highest BCUT2D eigenvalue weighted by Gasteiger charge is 2.22. The van der Waals surface area contributed by atoms with E-state index in [1.54, 1.807) is 19.3 Å². The lowest BCUT2D eigenvalue weighted by molar-refractivity contribution is 0.316. The van der Waals surface area contributed by atoms with Crippen LogP contribution in [0.5, 0.6) is 0 Å². The van der Waals surface area contributed by atoms with Gasteiger partial charge in [0.25, 0.3) is 0 Å². The van der Waals surface area contributed by atoms with Crippen molar-refractivity contribution in [3.8, 4) is 0 Å². The zero-order chi connectivity index (χ0) is 12.3. The van der Waals surface area contributed by atoms with Crippen LogP contribution in [0.3, 0.4) is 0 Å². The molecular weight excluding hydrogens is 238 g/mol. The molecule has 0 radical (unpaired) electrons. The zero-order valence-electron chi connectivity index (χ0n) is 9.81. The maximum Gasteiger partial charge on any atom is 0.244 e. The van der Waals surface area contributed by atoms with Crippen LogP contribution >= 0.6 is 0 Å². The maximum absolute atomic E-state index is 12.1. The van der Waals surface area contributed by atoms with E-state index in [9.17, 15) is 8.42 Å². The lowest BCUT2D eigenvalue weighted by Crippen LogP contribution is -2.32. The van der Waals surface area contributed by atoms with Gasteiger partial charge in [0.1, 0.15) is 4.90 Å². The highest BCUT2D eigenvalue weighted by atomic mass is 32.2. The van der Waals surface area contributed by atoms with E-state index in [-0.39, 0.29) is 4.90 Å². The van der Waals surface area contributed by atoms with Crippen molar-refractivity contribution in [3.63, 3.8) is 0 Å². The molecule has 0 bridgehead atoms. The highest BCUT2D eigenvalue weighted by Crippen LogP contribution is 2.26. The van der Waals surface area contributed by atoms with Crippen LogP contribution in [0.25, 0.3) is 0 Å². The van der Waals surface area contributed by atoms with Crippen molar-refractivity contribution in [2.45, 2.75) is 24.2 Å². The van der Waals surface area contributed by atoms with Gasteiger partial charge in [-0.3, -0.25) is 4.98 Å². The molecular formula is C11H17N3O2S. The second-order valence-corrected chi connectivity index (χ2v) is 6.01. The van der Waals surface area contributed by atoms with Crippen LogP contribution in [-0.4, -0.2) is 27.0 Å². The van der Waals surface area contributed by atoms with Gasteiger partial charge in [0.15, 0.2) is 0 Å². The van der Waals surface area contributed by atoms with Crippen molar-refractivity contribution in [2.24, 2.45) is 5.92 Å². The summed E-state index contributed by atoms with van der Waals surface area (Å²) < 4.78 is 26.8. The van der Waals surface area contributed by atoms with Crippen molar-refractivity contribution in [1.29, 1.82) is 0 Å². The fraction of sp³-hybridized carbons (Fsp3) is 0.545. The molecule has 0 atom stereocenters. The van der Waals surface area contributed by atoms with Gasteiger partial charge in [0.2, 0.25) is 10.0 Å².